The van der Waals surface area contributed by atoms with E-state index >= 15 is 0 Å². The van der Waals surface area contributed by atoms with E-state index in [4.69, 9.17) is 12.3 Å². The van der Waals surface area contributed by atoms with Crippen LogP contribution in [0.5, 0.6) is 0 Å². The standard InChI is InChI=1S/C13H34O3Si4/c1-11-12-13-20(14-17(2,3)4,15-18(5,6)7)16-19(8,9)10/h11H,1,12-13H2,2-10H3. The van der Waals surface area contributed by atoms with Crippen molar-refractivity contribution in [3.05, 3.63) is 12.7 Å². The van der Waals surface area contributed by atoms with Crippen molar-refractivity contribution < 1.29 is 12.3 Å². The number of rotatable bonds is 9. The van der Waals surface area contributed by atoms with Crippen molar-refractivity contribution in [1.82, 2.24) is 0 Å². The molecule has 0 amide bonds. The number of hydrogen-bond acceptors (Lipinski definition) is 3. The molecule has 20 heavy (non-hydrogen) atoms. The maximum Gasteiger partial charge on any atom is 0.469 e. The molecule has 0 N–H and O–H groups in total. The first-order valence-electron chi connectivity index (χ1n) is 7.39. The Hall–Kier alpha value is 0.488. The summed E-state index contributed by atoms with van der Waals surface area (Å²) in [5.41, 5.74) is 0. The molecule has 0 unspecified atom stereocenters. The van der Waals surface area contributed by atoms with Gasteiger partial charge < -0.3 is 12.3 Å². The summed E-state index contributed by atoms with van der Waals surface area (Å²) in [6.07, 6.45) is 2.84. The molecule has 0 heterocycles. The van der Waals surface area contributed by atoms with Crippen LogP contribution in [0, 0.1) is 0 Å². The van der Waals surface area contributed by atoms with E-state index in [1.807, 2.05) is 6.08 Å². The third kappa shape index (κ3) is 10.2. The van der Waals surface area contributed by atoms with E-state index in [0.717, 1.165) is 12.5 Å². The lowest BCUT2D eigenvalue weighted by Gasteiger charge is -2.42. The fourth-order valence-electron chi connectivity index (χ4n) is 1.89. The Bertz CT molecular complexity index is 272. The van der Waals surface area contributed by atoms with E-state index in [1.165, 1.54) is 0 Å². The average Bonchev–Trinajstić information content (AvgIpc) is 2.05. The zero-order valence-electron chi connectivity index (χ0n) is 14.9. The lowest BCUT2D eigenvalue weighted by Crippen LogP contribution is -2.60. The quantitative estimate of drug-likeness (QED) is 0.430. The van der Waals surface area contributed by atoms with Gasteiger partial charge in [-0.15, -0.1) is 6.58 Å². The van der Waals surface area contributed by atoms with Gasteiger partial charge >= 0.3 is 8.80 Å². The van der Waals surface area contributed by atoms with Crippen molar-refractivity contribution in [1.29, 1.82) is 0 Å². The SMILES string of the molecule is C=CCC[Si](O[Si](C)(C)C)(O[Si](C)(C)C)O[Si](C)(C)C. The monoisotopic (exact) mass is 350 g/mol. The molecular formula is C13H34O3Si4. The van der Waals surface area contributed by atoms with Crippen LogP contribution in [-0.4, -0.2) is 33.8 Å². The van der Waals surface area contributed by atoms with Gasteiger partial charge in [0.25, 0.3) is 0 Å². The Labute approximate surface area is 130 Å². The molecule has 0 bridgehead atoms. The summed E-state index contributed by atoms with van der Waals surface area (Å²) in [6, 6.07) is 0.856. The van der Waals surface area contributed by atoms with Crippen LogP contribution in [0.4, 0.5) is 0 Å². The summed E-state index contributed by atoms with van der Waals surface area (Å²) in [5.74, 6) is 0. The summed E-state index contributed by atoms with van der Waals surface area (Å²) in [5, 5.41) is 0. The highest BCUT2D eigenvalue weighted by molar-refractivity contribution is 6.90. The second-order valence-electron chi connectivity index (χ2n) is 8.15. The second-order valence-corrected chi connectivity index (χ2v) is 25.1. The van der Waals surface area contributed by atoms with Crippen LogP contribution in [0.25, 0.3) is 0 Å². The van der Waals surface area contributed by atoms with E-state index in [0.29, 0.717) is 0 Å². The van der Waals surface area contributed by atoms with E-state index < -0.39 is 33.8 Å². The van der Waals surface area contributed by atoms with Crippen molar-refractivity contribution in [3.8, 4) is 0 Å². The summed E-state index contributed by atoms with van der Waals surface area (Å²) in [6.45, 7) is 23.8. The molecule has 0 rings (SSSR count). The summed E-state index contributed by atoms with van der Waals surface area (Å²) < 4.78 is 19.6. The Balaban J connectivity index is 5.43. The first-order chi connectivity index (χ1) is 8.68. The van der Waals surface area contributed by atoms with E-state index in [9.17, 15) is 0 Å². The molecule has 0 atom stereocenters. The lowest BCUT2D eigenvalue weighted by atomic mass is 10.5. The summed E-state index contributed by atoms with van der Waals surface area (Å²) >= 11 is 0. The van der Waals surface area contributed by atoms with Crippen molar-refractivity contribution in [3.63, 3.8) is 0 Å². The van der Waals surface area contributed by atoms with E-state index in [2.05, 4.69) is 65.5 Å². The van der Waals surface area contributed by atoms with Crippen LogP contribution in [-0.2, 0) is 12.3 Å². The summed E-state index contributed by atoms with van der Waals surface area (Å²) in [7, 11) is -7.77. The van der Waals surface area contributed by atoms with Gasteiger partial charge in [0, 0.05) is 6.04 Å². The smallest absolute Gasteiger partial charge is 0.417 e. The molecule has 0 aliphatic carbocycles. The number of allylic oxidation sites excluding steroid dienone is 1. The molecule has 0 aromatic heterocycles. The molecule has 0 aromatic carbocycles. The minimum Gasteiger partial charge on any atom is -0.417 e. The Morgan fingerprint density at radius 3 is 1.20 bits per heavy atom. The van der Waals surface area contributed by atoms with Crippen molar-refractivity contribution >= 4 is 33.8 Å². The lowest BCUT2D eigenvalue weighted by molar-refractivity contribution is 0.252. The maximum absolute atomic E-state index is 6.53. The van der Waals surface area contributed by atoms with Crippen LogP contribution in [0.2, 0.25) is 65.0 Å². The van der Waals surface area contributed by atoms with Gasteiger partial charge in [-0.05, 0) is 65.3 Å². The van der Waals surface area contributed by atoms with Crippen LogP contribution in [0.1, 0.15) is 6.42 Å². The minimum absolute atomic E-state index is 0.856. The Morgan fingerprint density at radius 2 is 1.00 bits per heavy atom. The number of hydrogen-bond donors (Lipinski definition) is 0. The van der Waals surface area contributed by atoms with Crippen LogP contribution < -0.4 is 0 Å². The average molecular weight is 351 g/mol. The maximum atomic E-state index is 6.53. The van der Waals surface area contributed by atoms with Crippen LogP contribution in [0.3, 0.4) is 0 Å². The van der Waals surface area contributed by atoms with Gasteiger partial charge in [-0.25, -0.2) is 0 Å². The molecule has 0 aliphatic heterocycles. The predicted molar refractivity (Wildman–Crippen MR) is 98.7 cm³/mol. The normalized spacial score (nSPS) is 14.4. The molecule has 0 spiro atoms. The fraction of sp³-hybridized carbons (Fsp3) is 0.846. The molecule has 0 saturated carbocycles. The molecule has 0 radical (unpaired) electrons. The van der Waals surface area contributed by atoms with Gasteiger partial charge in [-0.3, -0.25) is 0 Å². The molecule has 0 aliphatic rings. The molecule has 0 fully saturated rings. The first kappa shape index (κ1) is 20.5. The van der Waals surface area contributed by atoms with Crippen molar-refractivity contribution in [2.45, 2.75) is 71.4 Å². The molecule has 0 saturated heterocycles. The largest absolute Gasteiger partial charge is 0.469 e. The van der Waals surface area contributed by atoms with Crippen molar-refractivity contribution in [2.75, 3.05) is 0 Å². The van der Waals surface area contributed by atoms with Gasteiger partial charge in [0.1, 0.15) is 0 Å². The van der Waals surface area contributed by atoms with Gasteiger partial charge in [-0.2, -0.15) is 0 Å². The molecular weight excluding hydrogens is 316 g/mol. The topological polar surface area (TPSA) is 27.7 Å². The van der Waals surface area contributed by atoms with Gasteiger partial charge in [0.2, 0.25) is 0 Å². The van der Waals surface area contributed by atoms with Crippen LogP contribution in [0.15, 0.2) is 12.7 Å². The molecule has 0 aromatic rings. The summed E-state index contributed by atoms with van der Waals surface area (Å²) in [4.78, 5) is 0. The highest BCUT2D eigenvalue weighted by Crippen LogP contribution is 2.29. The minimum atomic E-state index is -2.61. The zero-order chi connectivity index (χ0) is 16.2. The fourth-order valence-corrected chi connectivity index (χ4v) is 16.5. The van der Waals surface area contributed by atoms with Gasteiger partial charge in [0.15, 0.2) is 25.0 Å². The first-order valence-corrected chi connectivity index (χ1v) is 19.6. The van der Waals surface area contributed by atoms with Crippen LogP contribution >= 0.6 is 0 Å². The molecule has 3 nitrogen and oxygen atoms in total. The van der Waals surface area contributed by atoms with Gasteiger partial charge in [0.05, 0.1) is 0 Å². The zero-order valence-corrected chi connectivity index (χ0v) is 18.9. The molecule has 120 valence electrons. The Kier molecular flexibility index (Phi) is 7.34. The Morgan fingerprint density at radius 1 is 0.700 bits per heavy atom. The van der Waals surface area contributed by atoms with E-state index in [-0.39, 0.29) is 0 Å². The van der Waals surface area contributed by atoms with Crippen molar-refractivity contribution in [2.24, 2.45) is 0 Å². The third-order valence-electron chi connectivity index (χ3n) is 2.04. The van der Waals surface area contributed by atoms with E-state index in [1.54, 1.807) is 0 Å². The second kappa shape index (κ2) is 7.17. The molecule has 7 heteroatoms. The third-order valence-corrected chi connectivity index (χ3v) is 14.0. The highest BCUT2D eigenvalue weighted by Gasteiger charge is 2.49. The highest BCUT2D eigenvalue weighted by atomic mass is 28.5. The van der Waals surface area contributed by atoms with Gasteiger partial charge in [-0.1, -0.05) is 6.08 Å². The predicted octanol–water partition coefficient (Wildman–Crippen LogP) is 5.06.